The number of carbonyl (C=O) groups is 2. The van der Waals surface area contributed by atoms with Crippen molar-refractivity contribution in [2.45, 2.75) is 34.2 Å². The number of nitrogens with zero attached hydrogens (tertiary/aromatic N) is 3. The Morgan fingerprint density at radius 2 is 1.87 bits per heavy atom. The van der Waals surface area contributed by atoms with Crippen LogP contribution in [0.1, 0.15) is 33.8 Å². The molecular weight excluding hydrogens is 378 g/mol. The standard InChI is InChI=1S/C23H25N5O2/c1-15-8-9-16(2)21(11-15)28-17(3)12-19(18(28)4)13-26-27-23(30)22(29)25-14-20-7-5-6-10-24-20/h5-13H,14H2,1-4H3,(H,25,29)(H,27,30)/b26-13-. The number of aromatic nitrogens is 2. The first kappa shape index (κ1) is 21.0. The fraction of sp³-hybridized carbons (Fsp3) is 0.217. The van der Waals surface area contributed by atoms with Crippen LogP contribution in [0.15, 0.2) is 53.8 Å². The minimum Gasteiger partial charge on any atom is -0.342 e. The Labute approximate surface area is 175 Å². The summed E-state index contributed by atoms with van der Waals surface area (Å²) < 4.78 is 2.16. The molecule has 154 valence electrons. The minimum absolute atomic E-state index is 0.174. The maximum absolute atomic E-state index is 12.0. The summed E-state index contributed by atoms with van der Waals surface area (Å²) in [5.74, 6) is -1.59. The molecule has 0 aliphatic heterocycles. The molecule has 0 unspecified atom stereocenters. The Kier molecular flexibility index (Phi) is 6.41. The molecule has 30 heavy (non-hydrogen) atoms. The number of nitrogens with one attached hydrogen (secondary N) is 2. The van der Waals surface area contributed by atoms with Gasteiger partial charge in [-0.15, -0.1) is 0 Å². The molecule has 0 atom stereocenters. The quantitative estimate of drug-likeness (QED) is 0.390. The predicted octanol–water partition coefficient (Wildman–Crippen LogP) is 2.87. The maximum atomic E-state index is 12.0. The molecule has 7 nitrogen and oxygen atoms in total. The van der Waals surface area contributed by atoms with E-state index < -0.39 is 11.8 Å². The third kappa shape index (κ3) is 4.81. The van der Waals surface area contributed by atoms with Crippen LogP contribution in [0.2, 0.25) is 0 Å². The van der Waals surface area contributed by atoms with Gasteiger partial charge in [0.2, 0.25) is 0 Å². The van der Waals surface area contributed by atoms with Crippen molar-refractivity contribution in [1.29, 1.82) is 0 Å². The summed E-state index contributed by atoms with van der Waals surface area (Å²) in [6.45, 7) is 8.33. The van der Waals surface area contributed by atoms with Crippen molar-refractivity contribution >= 4 is 18.0 Å². The van der Waals surface area contributed by atoms with E-state index in [4.69, 9.17) is 0 Å². The summed E-state index contributed by atoms with van der Waals surface area (Å²) >= 11 is 0. The zero-order valence-electron chi connectivity index (χ0n) is 17.6. The van der Waals surface area contributed by atoms with Gasteiger partial charge in [-0.2, -0.15) is 5.10 Å². The monoisotopic (exact) mass is 403 g/mol. The fourth-order valence-electron chi connectivity index (χ4n) is 3.21. The highest BCUT2D eigenvalue weighted by Gasteiger charge is 2.14. The molecule has 2 N–H and O–H groups in total. The number of pyridine rings is 1. The SMILES string of the molecule is Cc1ccc(C)c(-n2c(C)cc(/C=N\NC(=O)C(=O)NCc3ccccn3)c2C)c1. The van der Waals surface area contributed by atoms with Crippen LogP contribution in [0.3, 0.4) is 0 Å². The van der Waals surface area contributed by atoms with Crippen LogP contribution in [-0.2, 0) is 16.1 Å². The number of hydrogen-bond donors (Lipinski definition) is 2. The van der Waals surface area contributed by atoms with Crippen LogP contribution in [0, 0.1) is 27.7 Å². The van der Waals surface area contributed by atoms with Crippen molar-refractivity contribution in [2.75, 3.05) is 0 Å². The molecule has 0 spiro atoms. The lowest BCUT2D eigenvalue weighted by Crippen LogP contribution is -2.37. The van der Waals surface area contributed by atoms with Crippen LogP contribution in [0.5, 0.6) is 0 Å². The second kappa shape index (κ2) is 9.17. The van der Waals surface area contributed by atoms with E-state index in [2.05, 4.69) is 57.4 Å². The number of benzene rings is 1. The van der Waals surface area contributed by atoms with Crippen molar-refractivity contribution in [2.24, 2.45) is 5.10 Å². The van der Waals surface area contributed by atoms with Gasteiger partial charge in [-0.25, -0.2) is 5.43 Å². The second-order valence-electron chi connectivity index (χ2n) is 7.15. The molecular formula is C23H25N5O2. The first-order chi connectivity index (χ1) is 14.4. The highest BCUT2D eigenvalue weighted by Crippen LogP contribution is 2.23. The van der Waals surface area contributed by atoms with E-state index in [9.17, 15) is 9.59 Å². The summed E-state index contributed by atoms with van der Waals surface area (Å²) in [6, 6.07) is 13.7. The van der Waals surface area contributed by atoms with Crippen LogP contribution in [0.4, 0.5) is 0 Å². The van der Waals surface area contributed by atoms with E-state index in [1.807, 2.05) is 26.0 Å². The average molecular weight is 403 g/mol. The van der Waals surface area contributed by atoms with Gasteiger partial charge >= 0.3 is 11.8 Å². The molecule has 0 fully saturated rings. The van der Waals surface area contributed by atoms with E-state index in [-0.39, 0.29) is 6.54 Å². The van der Waals surface area contributed by atoms with E-state index >= 15 is 0 Å². The average Bonchev–Trinajstić information content (AvgIpc) is 3.01. The number of amides is 2. The molecule has 0 bridgehead atoms. The van der Waals surface area contributed by atoms with Gasteiger partial charge in [0.1, 0.15) is 0 Å². The smallest absolute Gasteiger partial charge is 0.329 e. The number of hydrogen-bond acceptors (Lipinski definition) is 4. The van der Waals surface area contributed by atoms with Crippen molar-refractivity contribution in [3.8, 4) is 5.69 Å². The molecule has 0 aliphatic rings. The Morgan fingerprint density at radius 1 is 1.07 bits per heavy atom. The number of aryl methyl sites for hydroxylation is 3. The van der Waals surface area contributed by atoms with Gasteiger partial charge in [0, 0.05) is 28.8 Å². The third-order valence-electron chi connectivity index (χ3n) is 4.81. The zero-order valence-corrected chi connectivity index (χ0v) is 17.6. The molecule has 2 aromatic heterocycles. The van der Waals surface area contributed by atoms with Crippen molar-refractivity contribution < 1.29 is 9.59 Å². The third-order valence-corrected chi connectivity index (χ3v) is 4.81. The van der Waals surface area contributed by atoms with E-state index in [0.717, 1.165) is 22.6 Å². The lowest BCUT2D eigenvalue weighted by Gasteiger charge is -2.13. The molecule has 1 aromatic carbocycles. The van der Waals surface area contributed by atoms with Gasteiger partial charge in [-0.3, -0.25) is 14.6 Å². The first-order valence-electron chi connectivity index (χ1n) is 9.64. The molecule has 3 rings (SSSR count). The summed E-state index contributed by atoms with van der Waals surface area (Å²) in [4.78, 5) is 28.0. The van der Waals surface area contributed by atoms with Crippen LogP contribution in [0.25, 0.3) is 5.69 Å². The lowest BCUT2D eigenvalue weighted by molar-refractivity contribution is -0.139. The van der Waals surface area contributed by atoms with Crippen LogP contribution in [-0.4, -0.2) is 27.6 Å². The Morgan fingerprint density at radius 3 is 2.60 bits per heavy atom. The predicted molar refractivity (Wildman–Crippen MR) is 117 cm³/mol. The van der Waals surface area contributed by atoms with E-state index in [1.165, 1.54) is 11.1 Å². The lowest BCUT2D eigenvalue weighted by atomic mass is 10.1. The van der Waals surface area contributed by atoms with Gasteiger partial charge in [-0.05, 0) is 63.1 Å². The molecule has 3 aromatic rings. The molecule has 2 amide bonds. The fourth-order valence-corrected chi connectivity index (χ4v) is 3.21. The number of hydrazone groups is 1. The second-order valence-corrected chi connectivity index (χ2v) is 7.15. The normalized spacial score (nSPS) is 10.9. The highest BCUT2D eigenvalue weighted by molar-refractivity contribution is 6.35. The molecule has 0 radical (unpaired) electrons. The van der Waals surface area contributed by atoms with Gasteiger partial charge in [-0.1, -0.05) is 18.2 Å². The van der Waals surface area contributed by atoms with Gasteiger partial charge in [0.25, 0.3) is 0 Å². The van der Waals surface area contributed by atoms with Crippen molar-refractivity contribution in [3.63, 3.8) is 0 Å². The summed E-state index contributed by atoms with van der Waals surface area (Å²) in [5.41, 5.74) is 9.33. The van der Waals surface area contributed by atoms with Crippen molar-refractivity contribution in [3.05, 3.63) is 82.4 Å². The highest BCUT2D eigenvalue weighted by atomic mass is 16.2. The van der Waals surface area contributed by atoms with Gasteiger partial charge in [0.05, 0.1) is 18.5 Å². The van der Waals surface area contributed by atoms with Crippen LogP contribution < -0.4 is 10.7 Å². The van der Waals surface area contributed by atoms with Gasteiger partial charge in [0.15, 0.2) is 0 Å². The molecule has 0 aliphatic carbocycles. The zero-order chi connectivity index (χ0) is 21.7. The molecule has 7 heteroatoms. The Balaban J connectivity index is 1.66. The summed E-state index contributed by atoms with van der Waals surface area (Å²) in [6.07, 6.45) is 3.18. The molecule has 2 heterocycles. The minimum atomic E-state index is -0.828. The number of rotatable bonds is 5. The largest absolute Gasteiger partial charge is 0.342 e. The van der Waals surface area contributed by atoms with E-state index in [0.29, 0.717) is 5.69 Å². The Hall–Kier alpha value is -3.74. The molecule has 0 saturated carbocycles. The van der Waals surface area contributed by atoms with E-state index in [1.54, 1.807) is 24.5 Å². The topological polar surface area (TPSA) is 88.4 Å². The van der Waals surface area contributed by atoms with Crippen LogP contribution >= 0.6 is 0 Å². The van der Waals surface area contributed by atoms with Crippen molar-refractivity contribution in [1.82, 2.24) is 20.3 Å². The molecule has 0 saturated heterocycles. The Bertz CT molecular complexity index is 1100. The maximum Gasteiger partial charge on any atom is 0.329 e. The van der Waals surface area contributed by atoms with Gasteiger partial charge < -0.3 is 9.88 Å². The number of carbonyl (C=O) groups excluding carboxylic acids is 2. The summed E-state index contributed by atoms with van der Waals surface area (Å²) in [7, 11) is 0. The first-order valence-corrected chi connectivity index (χ1v) is 9.64. The summed E-state index contributed by atoms with van der Waals surface area (Å²) in [5, 5.41) is 6.47.